The third-order valence-electron chi connectivity index (χ3n) is 4.55. The second-order valence-corrected chi connectivity index (χ2v) is 6.41. The Bertz CT molecular complexity index is 343. The molecular formula is C16H31N3O2. The molecule has 5 heteroatoms. The van der Waals surface area contributed by atoms with Crippen LogP contribution in [0.25, 0.3) is 0 Å². The molecule has 1 aliphatic carbocycles. The highest BCUT2D eigenvalue weighted by Crippen LogP contribution is 2.26. The summed E-state index contributed by atoms with van der Waals surface area (Å²) >= 11 is 0. The maximum atomic E-state index is 12.3. The van der Waals surface area contributed by atoms with E-state index in [-0.39, 0.29) is 30.2 Å². The standard InChI is InChI=1S/C16H31N3O2/c1-3-5-12(6-4-2)15(21)19-11-14(20)16(18)9-7-13(17)8-10-16/h12-13H,3-11,17-18H2,1-2H3,(H,19,21). The molecule has 0 aromatic rings. The SMILES string of the molecule is CCCC(CCC)C(=O)NCC(=O)C1(N)CCC(N)CC1. The smallest absolute Gasteiger partial charge is 0.223 e. The van der Waals surface area contributed by atoms with Gasteiger partial charge in [-0.3, -0.25) is 9.59 Å². The normalized spacial score (nSPS) is 25.9. The Kier molecular flexibility index (Phi) is 7.32. The van der Waals surface area contributed by atoms with Gasteiger partial charge in [0.1, 0.15) is 0 Å². The van der Waals surface area contributed by atoms with E-state index in [1.165, 1.54) is 0 Å². The molecule has 5 N–H and O–H groups in total. The van der Waals surface area contributed by atoms with E-state index in [0.717, 1.165) is 38.5 Å². The number of amides is 1. The predicted octanol–water partition coefficient (Wildman–Crippen LogP) is 1.49. The first-order valence-corrected chi connectivity index (χ1v) is 8.28. The van der Waals surface area contributed by atoms with Gasteiger partial charge in [-0.2, -0.15) is 0 Å². The Balaban J connectivity index is 2.45. The molecular weight excluding hydrogens is 266 g/mol. The quantitative estimate of drug-likeness (QED) is 0.632. The Morgan fingerprint density at radius 3 is 2.19 bits per heavy atom. The maximum absolute atomic E-state index is 12.3. The second-order valence-electron chi connectivity index (χ2n) is 6.41. The van der Waals surface area contributed by atoms with Gasteiger partial charge < -0.3 is 16.8 Å². The summed E-state index contributed by atoms with van der Waals surface area (Å²) in [6.45, 7) is 4.19. The second kappa shape index (κ2) is 8.49. The van der Waals surface area contributed by atoms with Gasteiger partial charge in [0.2, 0.25) is 5.91 Å². The minimum atomic E-state index is -0.797. The number of carbonyl (C=O) groups excluding carboxylic acids is 2. The number of ketones is 1. The molecule has 0 atom stereocenters. The molecule has 21 heavy (non-hydrogen) atoms. The molecule has 0 aromatic carbocycles. The highest BCUT2D eigenvalue weighted by atomic mass is 16.2. The fourth-order valence-electron chi connectivity index (χ4n) is 3.03. The fourth-order valence-corrected chi connectivity index (χ4v) is 3.03. The lowest BCUT2D eigenvalue weighted by Gasteiger charge is -2.34. The molecule has 0 spiro atoms. The monoisotopic (exact) mass is 297 g/mol. The molecule has 1 amide bonds. The van der Waals surface area contributed by atoms with Crippen LogP contribution in [0.4, 0.5) is 0 Å². The molecule has 0 radical (unpaired) electrons. The highest BCUT2D eigenvalue weighted by Gasteiger charge is 2.37. The average Bonchev–Trinajstić information content (AvgIpc) is 2.47. The molecule has 1 fully saturated rings. The number of nitrogens with two attached hydrogens (primary N) is 2. The van der Waals surface area contributed by atoms with Crippen LogP contribution in [-0.4, -0.2) is 29.8 Å². The van der Waals surface area contributed by atoms with E-state index in [2.05, 4.69) is 19.2 Å². The highest BCUT2D eigenvalue weighted by molar-refractivity contribution is 5.93. The van der Waals surface area contributed by atoms with Crippen LogP contribution in [0, 0.1) is 5.92 Å². The molecule has 0 aromatic heterocycles. The molecule has 0 bridgehead atoms. The molecule has 1 saturated carbocycles. The van der Waals surface area contributed by atoms with E-state index in [1.54, 1.807) is 0 Å². The predicted molar refractivity (Wildman–Crippen MR) is 84.7 cm³/mol. The summed E-state index contributed by atoms with van der Waals surface area (Å²) in [6.07, 6.45) is 6.50. The van der Waals surface area contributed by atoms with E-state index in [1.807, 2.05) is 0 Å². The van der Waals surface area contributed by atoms with Crippen molar-refractivity contribution in [2.45, 2.75) is 76.8 Å². The van der Waals surface area contributed by atoms with Gasteiger partial charge in [-0.1, -0.05) is 26.7 Å². The molecule has 122 valence electrons. The summed E-state index contributed by atoms with van der Waals surface area (Å²) in [5, 5.41) is 2.79. The zero-order chi connectivity index (χ0) is 15.9. The summed E-state index contributed by atoms with van der Waals surface area (Å²) in [6, 6.07) is 0.155. The van der Waals surface area contributed by atoms with Gasteiger partial charge in [0.15, 0.2) is 5.78 Å². The summed E-state index contributed by atoms with van der Waals surface area (Å²) in [5.74, 6) is -0.0565. The maximum Gasteiger partial charge on any atom is 0.223 e. The van der Waals surface area contributed by atoms with E-state index in [0.29, 0.717) is 12.8 Å². The third kappa shape index (κ3) is 5.40. The number of rotatable bonds is 8. The van der Waals surface area contributed by atoms with Crippen molar-refractivity contribution in [1.82, 2.24) is 5.32 Å². The molecule has 5 nitrogen and oxygen atoms in total. The number of carbonyl (C=O) groups is 2. The van der Waals surface area contributed by atoms with Gasteiger partial charge in [0, 0.05) is 12.0 Å². The minimum Gasteiger partial charge on any atom is -0.349 e. The van der Waals surface area contributed by atoms with Gasteiger partial charge in [0.05, 0.1) is 12.1 Å². The molecule has 1 aliphatic rings. The van der Waals surface area contributed by atoms with Crippen molar-refractivity contribution in [3.8, 4) is 0 Å². The zero-order valence-electron chi connectivity index (χ0n) is 13.5. The van der Waals surface area contributed by atoms with Gasteiger partial charge in [0.25, 0.3) is 0 Å². The van der Waals surface area contributed by atoms with Gasteiger partial charge in [-0.15, -0.1) is 0 Å². The lowest BCUT2D eigenvalue weighted by molar-refractivity contribution is -0.130. The topological polar surface area (TPSA) is 98.2 Å². The van der Waals surface area contributed by atoms with Crippen molar-refractivity contribution in [1.29, 1.82) is 0 Å². The lowest BCUT2D eigenvalue weighted by atomic mass is 9.77. The van der Waals surface area contributed by atoms with Crippen LogP contribution in [0.1, 0.15) is 65.2 Å². The Morgan fingerprint density at radius 1 is 1.19 bits per heavy atom. The Morgan fingerprint density at radius 2 is 1.71 bits per heavy atom. The summed E-state index contributed by atoms with van der Waals surface area (Å²) < 4.78 is 0. The molecule has 1 rings (SSSR count). The van der Waals surface area contributed by atoms with Crippen molar-refractivity contribution >= 4 is 11.7 Å². The van der Waals surface area contributed by atoms with Gasteiger partial charge in [-0.25, -0.2) is 0 Å². The van der Waals surface area contributed by atoms with Crippen molar-refractivity contribution in [2.75, 3.05) is 6.54 Å². The van der Waals surface area contributed by atoms with Crippen LogP contribution in [0.3, 0.4) is 0 Å². The van der Waals surface area contributed by atoms with Crippen LogP contribution in [0.5, 0.6) is 0 Å². The number of Topliss-reactive ketones (excluding diaryl/α,β-unsaturated/α-hetero) is 1. The van der Waals surface area contributed by atoms with E-state index in [9.17, 15) is 9.59 Å². The molecule has 0 heterocycles. The van der Waals surface area contributed by atoms with Crippen LogP contribution >= 0.6 is 0 Å². The number of hydrogen-bond donors (Lipinski definition) is 3. The van der Waals surface area contributed by atoms with E-state index < -0.39 is 5.54 Å². The first-order chi connectivity index (χ1) is 9.92. The number of hydrogen-bond acceptors (Lipinski definition) is 4. The van der Waals surface area contributed by atoms with Crippen molar-refractivity contribution in [2.24, 2.45) is 17.4 Å². The first kappa shape index (κ1) is 18.1. The van der Waals surface area contributed by atoms with E-state index >= 15 is 0 Å². The van der Waals surface area contributed by atoms with E-state index in [4.69, 9.17) is 11.5 Å². The van der Waals surface area contributed by atoms with Crippen LogP contribution in [-0.2, 0) is 9.59 Å². The molecule has 0 unspecified atom stereocenters. The van der Waals surface area contributed by atoms with Gasteiger partial charge >= 0.3 is 0 Å². The third-order valence-corrected chi connectivity index (χ3v) is 4.55. The molecule has 0 aliphatic heterocycles. The van der Waals surface area contributed by atoms with Gasteiger partial charge in [-0.05, 0) is 38.5 Å². The first-order valence-electron chi connectivity index (χ1n) is 8.28. The van der Waals surface area contributed by atoms with Crippen LogP contribution in [0.2, 0.25) is 0 Å². The summed E-state index contributed by atoms with van der Waals surface area (Å²) in [4.78, 5) is 24.4. The zero-order valence-corrected chi connectivity index (χ0v) is 13.5. The summed E-state index contributed by atoms with van der Waals surface area (Å²) in [7, 11) is 0. The Labute approximate surface area is 128 Å². The Hall–Kier alpha value is -0.940. The largest absolute Gasteiger partial charge is 0.349 e. The fraction of sp³-hybridized carbons (Fsp3) is 0.875. The lowest BCUT2D eigenvalue weighted by Crippen LogP contribution is -2.55. The summed E-state index contributed by atoms with van der Waals surface area (Å²) in [5.41, 5.74) is 11.2. The van der Waals surface area contributed by atoms with Crippen LogP contribution in [0.15, 0.2) is 0 Å². The average molecular weight is 297 g/mol. The van der Waals surface area contributed by atoms with Crippen molar-refractivity contribution in [3.05, 3.63) is 0 Å². The number of nitrogens with one attached hydrogen (secondary N) is 1. The van der Waals surface area contributed by atoms with Crippen LogP contribution < -0.4 is 16.8 Å². The molecule has 0 saturated heterocycles. The van der Waals surface area contributed by atoms with Crippen molar-refractivity contribution in [3.63, 3.8) is 0 Å². The minimum absolute atomic E-state index is 0.0110. The van der Waals surface area contributed by atoms with Crippen molar-refractivity contribution < 1.29 is 9.59 Å².